The minimum Gasteiger partial charge on any atom is -0.493 e. The highest BCUT2D eigenvalue weighted by Gasteiger charge is 2.52. The number of nitrogens with zero attached hydrogens (tertiary/aromatic N) is 1. The topological polar surface area (TPSA) is 91.5 Å². The van der Waals surface area contributed by atoms with Crippen LogP contribution in [-0.2, 0) is 16.7 Å². The molecule has 0 radical (unpaired) electrons. The third-order valence-corrected chi connectivity index (χ3v) is 8.43. The van der Waals surface area contributed by atoms with Crippen LogP contribution in [0, 0.1) is 17.3 Å². The molecule has 0 aliphatic heterocycles. The summed E-state index contributed by atoms with van der Waals surface area (Å²) in [5.41, 5.74) is 4.98. The average Bonchev–Trinajstić information content (AvgIpc) is 3.09. The summed E-state index contributed by atoms with van der Waals surface area (Å²) in [5.74, 6) is 2.08. The van der Waals surface area contributed by atoms with Crippen LogP contribution in [0.25, 0.3) is 5.57 Å². The Labute approximate surface area is 194 Å². The molecule has 6 nitrogen and oxygen atoms in total. The number of pyridine rings is 1. The number of halogens is 1. The van der Waals surface area contributed by atoms with Crippen molar-refractivity contribution in [3.05, 3.63) is 58.4 Å². The Kier molecular flexibility index (Phi) is 5.26. The molecule has 170 valence electrons. The molecule has 1 aromatic carbocycles. The smallest absolute Gasteiger partial charge is 0.380 e. The summed E-state index contributed by atoms with van der Waals surface area (Å²) in [5, 5.41) is 5.76. The maximum Gasteiger partial charge on any atom is 0.380 e. The molecule has 3 aliphatic rings. The summed E-state index contributed by atoms with van der Waals surface area (Å²) in [4.78, 5) is 4.31. The number of fused-ring (bicyclic) bond motifs is 5. The van der Waals surface area contributed by atoms with Crippen molar-refractivity contribution in [3.8, 4) is 11.5 Å². The summed E-state index contributed by atoms with van der Waals surface area (Å²) >= 11 is 6.23. The summed E-state index contributed by atoms with van der Waals surface area (Å²) in [6.45, 7) is 2.40. The highest BCUT2D eigenvalue weighted by atomic mass is 35.5. The third kappa shape index (κ3) is 3.60. The van der Waals surface area contributed by atoms with Gasteiger partial charge < -0.3 is 8.92 Å². The molecule has 1 heterocycles. The van der Waals surface area contributed by atoms with Gasteiger partial charge in [-0.05, 0) is 95.7 Å². The van der Waals surface area contributed by atoms with E-state index in [0.717, 1.165) is 43.2 Å². The first-order valence-electron chi connectivity index (χ1n) is 10.9. The van der Waals surface area contributed by atoms with E-state index in [9.17, 15) is 8.42 Å². The standard InChI is InChI=1S/C24H27ClN2O4S/c1-24-8-7-17-18(21(24)6-5-20(24)15-9-16(25)13-27-12-15)4-3-14-10-23(31-32(26,28)29)22(30-2)11-19(14)17/h5,9-13,17-18,21H,3-4,6-8H2,1-2H3,(H2,26,28,29)/t17-,18+,21-,24+/m0/s1. The first kappa shape index (κ1) is 21.7. The summed E-state index contributed by atoms with van der Waals surface area (Å²) in [7, 11) is -2.60. The molecule has 0 amide bonds. The quantitative estimate of drug-likeness (QED) is 0.682. The van der Waals surface area contributed by atoms with Crippen LogP contribution in [0.1, 0.15) is 55.2 Å². The summed E-state index contributed by atoms with van der Waals surface area (Å²) in [6.07, 6.45) is 11.1. The molecule has 1 fully saturated rings. The molecule has 2 aromatic rings. The Morgan fingerprint density at radius 2 is 2.00 bits per heavy atom. The Bertz CT molecular complexity index is 1210. The van der Waals surface area contributed by atoms with Crippen LogP contribution in [0.15, 0.2) is 36.7 Å². The maximum atomic E-state index is 11.5. The Morgan fingerprint density at radius 3 is 2.72 bits per heavy atom. The molecule has 3 aliphatic carbocycles. The van der Waals surface area contributed by atoms with Crippen LogP contribution in [0.4, 0.5) is 0 Å². The second-order valence-electron chi connectivity index (χ2n) is 9.40. The number of hydrogen-bond donors (Lipinski definition) is 1. The lowest BCUT2D eigenvalue weighted by atomic mass is 9.54. The number of methoxy groups -OCH3 is 1. The van der Waals surface area contributed by atoms with Crippen LogP contribution in [-0.4, -0.2) is 20.5 Å². The van der Waals surface area contributed by atoms with E-state index < -0.39 is 10.3 Å². The van der Waals surface area contributed by atoms with E-state index in [1.165, 1.54) is 18.2 Å². The molecule has 2 N–H and O–H groups in total. The van der Waals surface area contributed by atoms with Crippen molar-refractivity contribution in [1.29, 1.82) is 0 Å². The number of aryl methyl sites for hydroxylation is 1. The molecule has 0 spiro atoms. The highest BCUT2D eigenvalue weighted by molar-refractivity contribution is 7.84. The second-order valence-corrected chi connectivity index (χ2v) is 11.0. The van der Waals surface area contributed by atoms with Gasteiger partial charge in [0, 0.05) is 12.4 Å². The van der Waals surface area contributed by atoms with Crippen molar-refractivity contribution in [3.63, 3.8) is 0 Å². The molecule has 0 saturated heterocycles. The predicted octanol–water partition coefficient (Wildman–Crippen LogP) is 4.88. The number of nitrogens with two attached hydrogens (primary N) is 1. The fourth-order valence-corrected chi connectivity index (χ4v) is 7.06. The molecular formula is C24H27ClN2O4S. The lowest BCUT2D eigenvalue weighted by Crippen LogP contribution is -2.41. The van der Waals surface area contributed by atoms with Crippen LogP contribution < -0.4 is 14.1 Å². The van der Waals surface area contributed by atoms with Gasteiger partial charge in [-0.3, -0.25) is 4.98 Å². The molecule has 5 rings (SSSR count). The Balaban J connectivity index is 1.47. The van der Waals surface area contributed by atoms with Crippen molar-refractivity contribution in [1.82, 2.24) is 4.98 Å². The van der Waals surface area contributed by atoms with Crippen molar-refractivity contribution in [2.45, 2.75) is 44.9 Å². The largest absolute Gasteiger partial charge is 0.493 e. The molecule has 4 atom stereocenters. The van der Waals surface area contributed by atoms with Crippen molar-refractivity contribution >= 4 is 27.5 Å². The number of rotatable bonds is 4. The molecular weight excluding hydrogens is 448 g/mol. The van der Waals surface area contributed by atoms with Gasteiger partial charge in [-0.1, -0.05) is 24.6 Å². The van der Waals surface area contributed by atoms with Crippen LogP contribution >= 0.6 is 11.6 Å². The van der Waals surface area contributed by atoms with Gasteiger partial charge in [0.1, 0.15) is 0 Å². The Hall–Kier alpha value is -2.09. The monoisotopic (exact) mass is 474 g/mol. The zero-order valence-corrected chi connectivity index (χ0v) is 19.7. The first-order valence-corrected chi connectivity index (χ1v) is 12.8. The molecule has 1 saturated carbocycles. The van der Waals surface area contributed by atoms with Gasteiger partial charge in [0.25, 0.3) is 0 Å². The average molecular weight is 475 g/mol. The van der Waals surface area contributed by atoms with Crippen LogP contribution in [0.3, 0.4) is 0 Å². The van der Waals surface area contributed by atoms with Gasteiger partial charge in [-0.2, -0.15) is 13.6 Å². The van der Waals surface area contributed by atoms with E-state index in [2.05, 4.69) is 18.0 Å². The van der Waals surface area contributed by atoms with E-state index in [-0.39, 0.29) is 11.2 Å². The number of hydrogen-bond acceptors (Lipinski definition) is 5. The molecule has 8 heteroatoms. The van der Waals surface area contributed by atoms with Crippen molar-refractivity contribution < 1.29 is 17.3 Å². The van der Waals surface area contributed by atoms with E-state index in [4.69, 9.17) is 25.7 Å². The summed E-state index contributed by atoms with van der Waals surface area (Å²) < 4.78 is 33.4. The van der Waals surface area contributed by atoms with Crippen LogP contribution in [0.2, 0.25) is 5.02 Å². The summed E-state index contributed by atoms with van der Waals surface area (Å²) in [6, 6.07) is 5.77. The predicted molar refractivity (Wildman–Crippen MR) is 124 cm³/mol. The molecule has 0 bridgehead atoms. The van der Waals surface area contributed by atoms with Gasteiger partial charge in [0.15, 0.2) is 11.5 Å². The van der Waals surface area contributed by atoms with E-state index >= 15 is 0 Å². The molecule has 1 aromatic heterocycles. The lowest BCUT2D eigenvalue weighted by molar-refractivity contribution is 0.0884. The maximum absolute atomic E-state index is 11.5. The van der Waals surface area contributed by atoms with Gasteiger partial charge in [0.2, 0.25) is 0 Å². The number of benzene rings is 1. The van der Waals surface area contributed by atoms with Gasteiger partial charge in [-0.25, -0.2) is 0 Å². The van der Waals surface area contributed by atoms with E-state index in [0.29, 0.717) is 28.5 Å². The normalized spacial score (nSPS) is 28.9. The fourth-order valence-electron chi connectivity index (χ4n) is 6.50. The number of aromatic nitrogens is 1. The van der Waals surface area contributed by atoms with Crippen LogP contribution in [0.5, 0.6) is 11.5 Å². The lowest BCUT2D eigenvalue weighted by Gasteiger charge is -2.50. The molecule has 32 heavy (non-hydrogen) atoms. The van der Waals surface area contributed by atoms with Crippen molar-refractivity contribution in [2.75, 3.05) is 7.11 Å². The van der Waals surface area contributed by atoms with Crippen molar-refractivity contribution in [2.24, 2.45) is 22.4 Å². The minimum absolute atomic E-state index is 0.103. The van der Waals surface area contributed by atoms with E-state index in [1.807, 2.05) is 18.3 Å². The Morgan fingerprint density at radius 1 is 1.19 bits per heavy atom. The van der Waals surface area contributed by atoms with E-state index in [1.54, 1.807) is 12.3 Å². The fraction of sp³-hybridized carbons (Fsp3) is 0.458. The third-order valence-electron chi connectivity index (χ3n) is 7.81. The van der Waals surface area contributed by atoms with Gasteiger partial charge >= 0.3 is 10.3 Å². The zero-order valence-electron chi connectivity index (χ0n) is 18.2. The minimum atomic E-state index is -4.12. The second kappa shape index (κ2) is 7.75. The number of allylic oxidation sites excluding steroid dienone is 2. The first-order chi connectivity index (χ1) is 15.2. The van der Waals surface area contributed by atoms with Gasteiger partial charge in [0.05, 0.1) is 12.1 Å². The highest BCUT2D eigenvalue weighted by Crippen LogP contribution is 2.63. The SMILES string of the molecule is COc1cc2c(cc1OS(N)(=O)=O)CC[C@@H]1[C@@H]2CC[C@]2(C)C(c3cncc(Cl)c3)=CC[C@@H]12. The number of ether oxygens (including phenoxy) is 1. The molecule has 0 unspecified atom stereocenters. The van der Waals surface area contributed by atoms with Gasteiger partial charge in [-0.15, -0.1) is 0 Å². The zero-order chi connectivity index (χ0) is 22.7.